The van der Waals surface area contributed by atoms with Crippen molar-refractivity contribution in [2.45, 2.75) is 32.8 Å². The maximum absolute atomic E-state index is 11.8. The maximum atomic E-state index is 11.8. The number of rotatable bonds is 4. The molecule has 0 amide bonds. The van der Waals surface area contributed by atoms with Crippen LogP contribution in [0.4, 0.5) is 0 Å². The van der Waals surface area contributed by atoms with E-state index in [1.54, 1.807) is 0 Å². The molecule has 0 radical (unpaired) electrons. The highest BCUT2D eigenvalue weighted by molar-refractivity contribution is 6.35. The van der Waals surface area contributed by atoms with Gasteiger partial charge in [0.15, 0.2) is 0 Å². The lowest BCUT2D eigenvalue weighted by atomic mass is 10.1. The van der Waals surface area contributed by atoms with E-state index in [-0.39, 0.29) is 18.5 Å². The zero-order valence-electron chi connectivity index (χ0n) is 10.5. The standard InChI is InChI=1S/C14H16ClNO2/c1-3-9(2)18-13(17)7-10-8-16-12-6-4-5-11(15)14(10)12/h4-6,8-9,16H,3,7H2,1-2H3. The molecule has 0 saturated carbocycles. The van der Waals surface area contributed by atoms with Gasteiger partial charge in [-0.1, -0.05) is 24.6 Å². The molecule has 1 aromatic carbocycles. The van der Waals surface area contributed by atoms with Crippen LogP contribution in [-0.4, -0.2) is 17.1 Å². The van der Waals surface area contributed by atoms with E-state index in [9.17, 15) is 4.79 Å². The monoisotopic (exact) mass is 265 g/mol. The van der Waals surface area contributed by atoms with Crippen LogP contribution in [-0.2, 0) is 16.0 Å². The average Bonchev–Trinajstić information content (AvgIpc) is 2.73. The summed E-state index contributed by atoms with van der Waals surface area (Å²) in [7, 11) is 0. The van der Waals surface area contributed by atoms with Gasteiger partial charge in [0.05, 0.1) is 17.5 Å². The number of H-pyrrole nitrogens is 1. The molecule has 1 aromatic heterocycles. The van der Waals surface area contributed by atoms with Gasteiger partial charge in [-0.2, -0.15) is 0 Å². The third-order valence-electron chi connectivity index (χ3n) is 2.98. The van der Waals surface area contributed by atoms with Gasteiger partial charge in [0.25, 0.3) is 0 Å². The molecule has 1 heterocycles. The number of hydrogen-bond donors (Lipinski definition) is 1. The molecule has 0 spiro atoms. The summed E-state index contributed by atoms with van der Waals surface area (Å²) in [6.45, 7) is 3.88. The highest BCUT2D eigenvalue weighted by Gasteiger charge is 2.13. The van der Waals surface area contributed by atoms with Gasteiger partial charge in [-0.05, 0) is 31.0 Å². The maximum Gasteiger partial charge on any atom is 0.310 e. The summed E-state index contributed by atoms with van der Waals surface area (Å²) in [6, 6.07) is 5.63. The van der Waals surface area contributed by atoms with E-state index < -0.39 is 0 Å². The molecule has 0 saturated heterocycles. The second kappa shape index (κ2) is 5.44. The van der Waals surface area contributed by atoms with E-state index in [0.29, 0.717) is 5.02 Å². The normalized spacial score (nSPS) is 12.6. The number of aromatic amines is 1. The predicted octanol–water partition coefficient (Wildman–Crippen LogP) is 3.71. The number of aromatic nitrogens is 1. The smallest absolute Gasteiger partial charge is 0.310 e. The van der Waals surface area contributed by atoms with Crippen molar-refractivity contribution in [3.05, 3.63) is 35.0 Å². The third kappa shape index (κ3) is 2.67. The molecule has 0 bridgehead atoms. The molecule has 0 aliphatic rings. The highest BCUT2D eigenvalue weighted by Crippen LogP contribution is 2.27. The van der Waals surface area contributed by atoms with Crippen LogP contribution in [0.5, 0.6) is 0 Å². The van der Waals surface area contributed by atoms with Crippen molar-refractivity contribution in [1.29, 1.82) is 0 Å². The number of nitrogens with one attached hydrogen (secondary N) is 1. The van der Waals surface area contributed by atoms with E-state index in [1.165, 1.54) is 0 Å². The number of esters is 1. The Labute approximate surface area is 111 Å². The molecule has 2 aromatic rings. The fourth-order valence-electron chi connectivity index (χ4n) is 1.85. The summed E-state index contributed by atoms with van der Waals surface area (Å²) >= 11 is 6.15. The molecule has 18 heavy (non-hydrogen) atoms. The molecule has 2 rings (SSSR count). The molecule has 0 aliphatic carbocycles. The second-order valence-corrected chi connectivity index (χ2v) is 4.77. The molecule has 3 nitrogen and oxygen atoms in total. The van der Waals surface area contributed by atoms with Crippen molar-refractivity contribution >= 4 is 28.5 Å². The van der Waals surface area contributed by atoms with Crippen LogP contribution in [0.3, 0.4) is 0 Å². The van der Waals surface area contributed by atoms with Crippen molar-refractivity contribution < 1.29 is 9.53 Å². The quantitative estimate of drug-likeness (QED) is 0.857. The second-order valence-electron chi connectivity index (χ2n) is 4.36. The molecule has 0 aliphatic heterocycles. The first-order valence-electron chi connectivity index (χ1n) is 6.05. The molecular weight excluding hydrogens is 250 g/mol. The van der Waals surface area contributed by atoms with E-state index in [0.717, 1.165) is 22.9 Å². The SMILES string of the molecule is CCC(C)OC(=O)Cc1c[nH]c2cccc(Cl)c12. The van der Waals surface area contributed by atoms with Crippen molar-refractivity contribution in [2.75, 3.05) is 0 Å². The van der Waals surface area contributed by atoms with E-state index in [2.05, 4.69) is 4.98 Å². The fraction of sp³-hybridized carbons (Fsp3) is 0.357. The van der Waals surface area contributed by atoms with Crippen LogP contribution < -0.4 is 0 Å². The first-order chi connectivity index (χ1) is 8.61. The van der Waals surface area contributed by atoms with E-state index in [1.807, 2.05) is 38.2 Å². The minimum Gasteiger partial charge on any atom is -0.462 e. The Bertz CT molecular complexity index is 562. The summed E-state index contributed by atoms with van der Waals surface area (Å²) in [5, 5.41) is 1.56. The predicted molar refractivity (Wildman–Crippen MR) is 72.9 cm³/mol. The van der Waals surface area contributed by atoms with Gasteiger partial charge < -0.3 is 9.72 Å². The van der Waals surface area contributed by atoms with Crippen molar-refractivity contribution in [3.8, 4) is 0 Å². The summed E-state index contributed by atoms with van der Waals surface area (Å²) < 4.78 is 5.27. The van der Waals surface area contributed by atoms with Gasteiger partial charge in [-0.15, -0.1) is 0 Å². The Morgan fingerprint density at radius 3 is 3.00 bits per heavy atom. The van der Waals surface area contributed by atoms with Crippen LogP contribution in [0.15, 0.2) is 24.4 Å². The fourth-order valence-corrected chi connectivity index (χ4v) is 2.15. The molecule has 4 heteroatoms. The molecule has 1 unspecified atom stereocenters. The van der Waals surface area contributed by atoms with Gasteiger partial charge in [0.1, 0.15) is 0 Å². The Kier molecular flexibility index (Phi) is 3.92. The summed E-state index contributed by atoms with van der Waals surface area (Å²) in [4.78, 5) is 14.9. The number of hydrogen-bond acceptors (Lipinski definition) is 2. The van der Waals surface area contributed by atoms with Gasteiger partial charge in [-0.25, -0.2) is 0 Å². The minimum absolute atomic E-state index is 0.0434. The van der Waals surface area contributed by atoms with E-state index >= 15 is 0 Å². The Morgan fingerprint density at radius 1 is 1.50 bits per heavy atom. The largest absolute Gasteiger partial charge is 0.462 e. The summed E-state index contributed by atoms with van der Waals surface area (Å²) in [6.07, 6.45) is 2.83. The topological polar surface area (TPSA) is 42.1 Å². The van der Waals surface area contributed by atoms with Crippen LogP contribution in [0.25, 0.3) is 10.9 Å². The highest BCUT2D eigenvalue weighted by atomic mass is 35.5. The van der Waals surface area contributed by atoms with Crippen molar-refractivity contribution in [3.63, 3.8) is 0 Å². The lowest BCUT2D eigenvalue weighted by molar-refractivity contribution is -0.147. The van der Waals surface area contributed by atoms with Crippen LogP contribution in [0, 0.1) is 0 Å². The number of halogens is 1. The van der Waals surface area contributed by atoms with Gasteiger partial charge >= 0.3 is 5.97 Å². The Morgan fingerprint density at radius 2 is 2.28 bits per heavy atom. The van der Waals surface area contributed by atoms with Gasteiger partial charge in [0, 0.05) is 17.1 Å². The van der Waals surface area contributed by atoms with Crippen molar-refractivity contribution in [1.82, 2.24) is 4.98 Å². The first kappa shape index (κ1) is 13.0. The van der Waals surface area contributed by atoms with Crippen LogP contribution in [0.1, 0.15) is 25.8 Å². The van der Waals surface area contributed by atoms with Gasteiger partial charge in [-0.3, -0.25) is 4.79 Å². The number of ether oxygens (including phenoxy) is 1. The molecule has 1 atom stereocenters. The minimum atomic E-state index is -0.217. The number of benzene rings is 1. The number of carbonyl (C=O) groups excluding carboxylic acids is 1. The zero-order chi connectivity index (χ0) is 13.1. The van der Waals surface area contributed by atoms with Crippen molar-refractivity contribution in [2.24, 2.45) is 0 Å². The number of fused-ring (bicyclic) bond motifs is 1. The Balaban J connectivity index is 2.19. The van der Waals surface area contributed by atoms with E-state index in [4.69, 9.17) is 16.3 Å². The molecule has 96 valence electrons. The lowest BCUT2D eigenvalue weighted by Crippen LogP contribution is -2.15. The number of carbonyl (C=O) groups is 1. The molecule has 1 N–H and O–H groups in total. The molecular formula is C14H16ClNO2. The van der Waals surface area contributed by atoms with Crippen LogP contribution in [0.2, 0.25) is 5.02 Å². The summed E-state index contributed by atoms with van der Waals surface area (Å²) in [5.74, 6) is -0.217. The third-order valence-corrected chi connectivity index (χ3v) is 3.29. The molecule has 0 fully saturated rings. The Hall–Kier alpha value is -1.48. The lowest BCUT2D eigenvalue weighted by Gasteiger charge is -2.10. The van der Waals surface area contributed by atoms with Crippen LogP contribution >= 0.6 is 11.6 Å². The summed E-state index contributed by atoms with van der Waals surface area (Å²) in [5.41, 5.74) is 1.82. The first-order valence-corrected chi connectivity index (χ1v) is 6.43. The average molecular weight is 266 g/mol. The zero-order valence-corrected chi connectivity index (χ0v) is 11.3. The van der Waals surface area contributed by atoms with Gasteiger partial charge in [0.2, 0.25) is 0 Å².